The molecule has 14 N–H and O–H groups in total. The number of nitrogens with two attached hydrogens (primary N) is 3. The maximum absolute atomic E-state index is 14.7. The van der Waals surface area contributed by atoms with E-state index >= 15 is 0 Å². The number of aromatic nitrogens is 9. The number of aliphatic hydroxyl groups excluding tert-OH is 4. The number of carbonyl (C=O) groups is 7. The Balaban J connectivity index is 0.551. The van der Waals surface area contributed by atoms with E-state index in [1.807, 2.05) is 61.8 Å². The number of unbranched alkanes of at least 4 members (excludes halogenated alkanes) is 1. The fraction of sp³-hybridized carbons (Fsp3) is 0.625. The van der Waals surface area contributed by atoms with Gasteiger partial charge < -0.3 is 116 Å². The molecule has 41 nitrogen and oxygen atoms in total. The van der Waals surface area contributed by atoms with Crippen molar-refractivity contribution in [2.45, 2.75) is 231 Å². The first-order chi connectivity index (χ1) is 65.8. The molecule has 1 aromatic carbocycles. The third-order valence-corrected chi connectivity index (χ3v) is 26.3. The highest BCUT2D eigenvalue weighted by Crippen LogP contribution is 2.39. The number of esters is 1. The van der Waals surface area contributed by atoms with Gasteiger partial charge in [0.25, 0.3) is 29.5 Å². The van der Waals surface area contributed by atoms with Gasteiger partial charge in [-0.25, -0.2) is 39.4 Å². The molecule has 41 heteroatoms. The van der Waals surface area contributed by atoms with Crippen molar-refractivity contribution >= 4 is 92.9 Å². The van der Waals surface area contributed by atoms with Gasteiger partial charge in [0.05, 0.1) is 80.0 Å². The number of aryl methyl sites for hydroxylation is 1. The summed E-state index contributed by atoms with van der Waals surface area (Å²) in [6.07, 6.45) is 14.8. The fourth-order valence-electron chi connectivity index (χ4n) is 18.1. The molecule has 11 rings (SSSR count). The number of methoxy groups -OCH3 is 2. The SMILES string of the molecule is C=C/C=C/C=C(\C)[C@H](C[C@@H]1CC[C@@H](C)[C@](O)(C(=O)C(=O)N2CCCC[C@H]2C(=O)O[C@@H](C[C@@H](O)[C@H](C)/C=C(\C)[C@@H](O)[C@@H](O)/C(=N/OCC(=O)NCc2cnc(N3CCN(C(=O)CCOCCN4CCN(c5ncc(C(=O)NCCOCCC(=O)NCCCCn6nc(-c7ccc8oc(N)nc8c7)c7c(N)ncnc76)cn5)CC4)CC3)nc2)[C@H](C)CC(C)C)[C@H](N)C[C@@H]2CC[C@@H](O)[C@H](OC)C2)O1)OC. The molecule has 1 aliphatic carbocycles. The van der Waals surface area contributed by atoms with Crippen molar-refractivity contribution in [3.63, 3.8) is 0 Å². The molecule has 5 aliphatic rings. The number of likely N-dealkylation sites (tertiary alicyclic amines) is 1. The Morgan fingerprint density at radius 1 is 0.752 bits per heavy atom. The molecule has 750 valence electrons. The Morgan fingerprint density at radius 2 is 1.47 bits per heavy atom. The van der Waals surface area contributed by atoms with E-state index in [0.29, 0.717) is 199 Å². The van der Waals surface area contributed by atoms with Gasteiger partial charge in [-0.3, -0.25) is 33.7 Å². The lowest BCUT2D eigenvalue weighted by atomic mass is 9.80. The molecule has 0 bridgehead atoms. The monoisotopic (exact) mass is 1910 g/mol. The maximum atomic E-state index is 14.7. The first-order valence-electron chi connectivity index (χ1n) is 47.9. The minimum Gasteiger partial charge on any atom is -0.459 e. The average Bonchev–Trinajstić information content (AvgIpc) is 1.58. The number of nitrogen functional groups attached to an aromatic ring is 2. The lowest BCUT2D eigenvalue weighted by Gasteiger charge is -2.42. The van der Waals surface area contributed by atoms with Crippen LogP contribution in [0.15, 0.2) is 107 Å². The number of oxime groups is 1. The number of aliphatic hydroxyl groups is 5. The molecule has 5 amide bonds. The number of ketones is 1. The number of Topliss-reactive ketones (excluding diaryl/α,β-unsaturated/α-hetero) is 1. The third kappa shape index (κ3) is 30.0. The molecular formula is C96H141N21O20. The number of hydrogen-bond acceptors (Lipinski definition) is 35. The van der Waals surface area contributed by atoms with Gasteiger partial charge in [0.2, 0.25) is 29.5 Å². The number of carbonyl (C=O) groups excluding carboxylic acids is 7. The Kier molecular flexibility index (Phi) is 40.5. The molecule has 137 heavy (non-hydrogen) atoms. The van der Waals surface area contributed by atoms with Crippen molar-refractivity contribution in [2.75, 3.05) is 147 Å². The van der Waals surface area contributed by atoms with E-state index in [2.05, 4.69) is 72.4 Å². The largest absolute Gasteiger partial charge is 0.459 e. The number of nitrogens with zero attached hydrogens (tertiary/aromatic N) is 15. The summed E-state index contributed by atoms with van der Waals surface area (Å²) >= 11 is 0. The average molecular weight is 1910 g/mol. The summed E-state index contributed by atoms with van der Waals surface area (Å²) in [4.78, 5) is 141. The zero-order valence-corrected chi connectivity index (χ0v) is 80.4. The topological polar surface area (TPSA) is 549 Å². The van der Waals surface area contributed by atoms with Gasteiger partial charge in [-0.1, -0.05) is 76.7 Å². The Morgan fingerprint density at radius 3 is 2.18 bits per heavy atom. The molecule has 0 radical (unpaired) electrons. The zero-order chi connectivity index (χ0) is 98.4. The van der Waals surface area contributed by atoms with E-state index in [4.69, 9.17) is 60.0 Å². The highest BCUT2D eigenvalue weighted by Gasteiger charge is 2.53. The van der Waals surface area contributed by atoms with Gasteiger partial charge in [0, 0.05) is 185 Å². The van der Waals surface area contributed by atoms with Crippen LogP contribution in [0.3, 0.4) is 0 Å². The van der Waals surface area contributed by atoms with Crippen molar-refractivity contribution in [1.29, 1.82) is 0 Å². The van der Waals surface area contributed by atoms with Crippen molar-refractivity contribution in [3.8, 4) is 11.3 Å². The molecule has 0 spiro atoms. The number of rotatable bonds is 50. The quantitative estimate of drug-likeness (QED) is 0.00451. The molecule has 4 saturated heterocycles. The number of allylic oxidation sites excluding steroid dienone is 4. The predicted molar refractivity (Wildman–Crippen MR) is 511 cm³/mol. The highest BCUT2D eigenvalue weighted by molar-refractivity contribution is 6.39. The maximum Gasteiger partial charge on any atom is 0.329 e. The number of benzene rings is 1. The summed E-state index contributed by atoms with van der Waals surface area (Å²) in [5, 5.41) is 76.7. The molecule has 0 unspecified atom stereocenters. The third-order valence-electron chi connectivity index (χ3n) is 26.3. The number of ether oxygens (including phenoxy) is 6. The summed E-state index contributed by atoms with van der Waals surface area (Å²) in [6.45, 7) is 23.8. The van der Waals surface area contributed by atoms with E-state index in [1.165, 1.54) is 25.8 Å². The van der Waals surface area contributed by atoms with Crippen LogP contribution >= 0.6 is 0 Å². The van der Waals surface area contributed by atoms with Gasteiger partial charge >= 0.3 is 5.97 Å². The zero-order valence-electron chi connectivity index (χ0n) is 80.4. The van der Waals surface area contributed by atoms with Crippen LogP contribution in [0.4, 0.5) is 23.7 Å². The molecule has 5 fully saturated rings. The van der Waals surface area contributed by atoms with Crippen molar-refractivity contribution < 1.29 is 96.8 Å². The van der Waals surface area contributed by atoms with E-state index in [-0.39, 0.29) is 112 Å². The van der Waals surface area contributed by atoms with Crippen LogP contribution in [-0.2, 0) is 75.1 Å². The van der Waals surface area contributed by atoms with Gasteiger partial charge in [0.15, 0.2) is 17.8 Å². The Bertz CT molecular complexity index is 5080. The number of hydrogen-bond donors (Lipinski definition) is 11. The molecule has 6 aromatic rings. The lowest BCUT2D eigenvalue weighted by Crippen LogP contribution is -2.61. The Hall–Kier alpha value is -11.0. The predicted octanol–water partition coefficient (Wildman–Crippen LogP) is 5.07. The van der Waals surface area contributed by atoms with Gasteiger partial charge in [-0.2, -0.15) is 10.1 Å². The van der Waals surface area contributed by atoms with Gasteiger partial charge in [-0.15, -0.1) is 0 Å². The number of oxazole rings is 1. The second kappa shape index (κ2) is 52.2. The summed E-state index contributed by atoms with van der Waals surface area (Å²) in [5.41, 5.74) is 24.3. The molecule has 9 heterocycles. The first-order valence-corrected chi connectivity index (χ1v) is 47.9. The standard InChI is InChI=1S/C96H141N21O20/c1-11-12-13-18-60(4)76(130-9)50-69-23-20-64(8)96(129,137-69)87(125)91(127)116-30-16-14-19-72(116)92(128)135-77(70(97)47-65-21-24-73(118)78(48-65)131-10)51-74(119)61(5)46-63(7)85(123)86(124)83(62(6)45-59(2)3)111-134-57-80(121)102-52-66-53-103-94(104-54-66)115-38-36-113(37-39-115)81(122)27-42-133-44-40-112-32-34-114(35-33-112)95-105-55-68(56-106-95)90(126)101-29-43-132-41-26-79(120)100-28-15-17-31-117-89-82(88(98)107-58-108-89)84(110-117)67-22-25-75-71(49-67)109-93(99)136-75/h11-13,18,22,25,46,49,53-56,58-59,61-62,64-65,69-70,72-74,76-78,85-86,118-119,123-124,129H,1,14-17,19-21,23-24,26-45,47-48,50-52,57,97H2,2-10H3,(H2,99,109)(H,100,120)(H,101,126)(H,102,121)(H2,98,107,108)/b13-12+,60-18+,63-46+,111-83+/t61-,62-,64-,65+,69+,70-,72+,73-,74-,76+,77+,78-,85-,86+,96-/m1/s1. The second-order valence-corrected chi connectivity index (χ2v) is 36.9. The number of piperidine rings is 1. The van der Waals surface area contributed by atoms with Gasteiger partial charge in [0.1, 0.15) is 47.7 Å². The second-order valence-electron chi connectivity index (χ2n) is 36.9. The van der Waals surface area contributed by atoms with Crippen LogP contribution in [-0.4, -0.2) is 324 Å². The molecule has 5 aromatic heterocycles. The minimum absolute atomic E-state index is 0.00676. The van der Waals surface area contributed by atoms with Crippen molar-refractivity contribution in [3.05, 3.63) is 109 Å². The van der Waals surface area contributed by atoms with Crippen LogP contribution in [0.2, 0.25) is 0 Å². The molecule has 4 aliphatic heterocycles. The number of amides is 5. The van der Waals surface area contributed by atoms with Crippen LogP contribution in [0, 0.1) is 29.6 Å². The van der Waals surface area contributed by atoms with E-state index in [1.54, 1.807) is 69.3 Å². The smallest absolute Gasteiger partial charge is 0.329 e. The number of anilines is 4. The van der Waals surface area contributed by atoms with Crippen molar-refractivity contribution in [2.24, 2.45) is 40.5 Å². The molecule has 1 saturated carbocycles. The summed E-state index contributed by atoms with van der Waals surface area (Å²) in [7, 11) is 3.08. The first kappa shape index (κ1) is 106. The number of nitrogens with one attached hydrogen (secondary N) is 3. The van der Waals surface area contributed by atoms with Crippen LogP contribution < -0.4 is 43.0 Å². The highest BCUT2D eigenvalue weighted by atomic mass is 16.6. The lowest BCUT2D eigenvalue weighted by molar-refractivity contribution is -0.265. The number of piperazine rings is 2. The number of fused-ring (bicyclic) bond motifs is 2. The van der Waals surface area contributed by atoms with Crippen LogP contribution in [0.25, 0.3) is 33.4 Å². The summed E-state index contributed by atoms with van der Waals surface area (Å²) in [5.74, 6) is -7.21. The summed E-state index contributed by atoms with van der Waals surface area (Å²) < 4.78 is 42.6. The Labute approximate surface area is 799 Å². The van der Waals surface area contributed by atoms with E-state index in [9.17, 15) is 59.1 Å². The van der Waals surface area contributed by atoms with E-state index in [0.717, 1.165) is 29.1 Å². The van der Waals surface area contributed by atoms with Crippen LogP contribution in [0.5, 0.6) is 0 Å². The van der Waals surface area contributed by atoms with E-state index < -0.39 is 115 Å². The minimum atomic E-state index is -2.50. The van der Waals surface area contributed by atoms with Gasteiger partial charge in [-0.05, 0) is 132 Å². The van der Waals surface area contributed by atoms with Crippen molar-refractivity contribution in [1.82, 2.24) is 75.3 Å². The molecular weight excluding hydrogens is 1770 g/mol. The summed E-state index contributed by atoms with van der Waals surface area (Å²) in [6, 6.07) is 3.41. The fourth-order valence-corrected chi connectivity index (χ4v) is 18.1. The van der Waals surface area contributed by atoms with Crippen LogP contribution in [0.1, 0.15) is 167 Å². The molecule has 15 atom stereocenters. The normalized spacial score (nSPS) is 21.8.